The van der Waals surface area contributed by atoms with Gasteiger partial charge in [-0.2, -0.15) is 0 Å². The lowest BCUT2D eigenvalue weighted by atomic mass is 10.1. The average Bonchev–Trinajstić information content (AvgIpc) is 3.24. The molecule has 0 unspecified atom stereocenters. The first-order valence-corrected chi connectivity index (χ1v) is 8.56. The SMILES string of the molecule is COc1ccc(NC(=O)COC2CCCC2)c(C(=O)NC2CC2)c1. The van der Waals surface area contributed by atoms with Crippen molar-refractivity contribution in [1.29, 1.82) is 0 Å². The van der Waals surface area contributed by atoms with Crippen molar-refractivity contribution in [2.75, 3.05) is 19.0 Å². The molecule has 0 heterocycles. The molecular formula is C18H24N2O4. The van der Waals surface area contributed by atoms with Crippen LogP contribution in [0.2, 0.25) is 0 Å². The van der Waals surface area contributed by atoms with Crippen molar-refractivity contribution < 1.29 is 19.1 Å². The van der Waals surface area contributed by atoms with E-state index in [0.29, 0.717) is 17.0 Å². The van der Waals surface area contributed by atoms with Gasteiger partial charge in [0.15, 0.2) is 0 Å². The highest BCUT2D eigenvalue weighted by Crippen LogP contribution is 2.25. The lowest BCUT2D eigenvalue weighted by molar-refractivity contribution is -0.122. The average molecular weight is 332 g/mol. The second-order valence-corrected chi connectivity index (χ2v) is 6.42. The maximum atomic E-state index is 12.4. The molecule has 0 aromatic heterocycles. The second kappa shape index (κ2) is 7.66. The monoisotopic (exact) mass is 332 g/mol. The molecule has 1 aromatic rings. The Labute approximate surface area is 141 Å². The molecule has 0 bridgehead atoms. The smallest absolute Gasteiger partial charge is 0.253 e. The maximum absolute atomic E-state index is 12.4. The van der Waals surface area contributed by atoms with Gasteiger partial charge in [-0.05, 0) is 43.9 Å². The van der Waals surface area contributed by atoms with Gasteiger partial charge in [-0.3, -0.25) is 9.59 Å². The van der Waals surface area contributed by atoms with Crippen LogP contribution in [-0.4, -0.2) is 37.7 Å². The van der Waals surface area contributed by atoms with Gasteiger partial charge in [0.05, 0.1) is 24.5 Å². The topological polar surface area (TPSA) is 76.7 Å². The van der Waals surface area contributed by atoms with Gasteiger partial charge in [0.1, 0.15) is 12.4 Å². The summed E-state index contributed by atoms with van der Waals surface area (Å²) in [6.45, 7) is 0.0143. The highest BCUT2D eigenvalue weighted by atomic mass is 16.5. The van der Waals surface area contributed by atoms with E-state index < -0.39 is 0 Å². The molecule has 24 heavy (non-hydrogen) atoms. The van der Waals surface area contributed by atoms with Crippen molar-refractivity contribution in [3.8, 4) is 5.75 Å². The fraction of sp³-hybridized carbons (Fsp3) is 0.556. The summed E-state index contributed by atoms with van der Waals surface area (Å²) in [7, 11) is 1.55. The number of hydrogen-bond acceptors (Lipinski definition) is 4. The Kier molecular flexibility index (Phi) is 5.35. The van der Waals surface area contributed by atoms with Crippen molar-refractivity contribution in [3.63, 3.8) is 0 Å². The van der Waals surface area contributed by atoms with Crippen LogP contribution in [0.5, 0.6) is 5.75 Å². The van der Waals surface area contributed by atoms with E-state index in [4.69, 9.17) is 9.47 Å². The van der Waals surface area contributed by atoms with Crippen LogP contribution in [0.25, 0.3) is 0 Å². The van der Waals surface area contributed by atoms with E-state index in [1.54, 1.807) is 25.3 Å². The standard InChI is InChI=1S/C18H24N2O4/c1-23-14-8-9-16(15(10-14)18(22)19-12-6-7-12)20-17(21)11-24-13-4-2-3-5-13/h8-10,12-13H,2-7,11H2,1H3,(H,19,22)(H,20,21). The molecule has 6 nitrogen and oxygen atoms in total. The van der Waals surface area contributed by atoms with Gasteiger partial charge in [0.2, 0.25) is 5.91 Å². The number of methoxy groups -OCH3 is 1. The summed E-state index contributed by atoms with van der Waals surface area (Å²) >= 11 is 0. The molecule has 2 aliphatic rings. The van der Waals surface area contributed by atoms with Gasteiger partial charge < -0.3 is 20.1 Å². The zero-order valence-electron chi connectivity index (χ0n) is 14.0. The minimum Gasteiger partial charge on any atom is -0.497 e. The lowest BCUT2D eigenvalue weighted by Crippen LogP contribution is -2.28. The largest absolute Gasteiger partial charge is 0.497 e. The third-order valence-corrected chi connectivity index (χ3v) is 4.41. The Bertz CT molecular complexity index is 607. The van der Waals surface area contributed by atoms with Crippen LogP contribution in [-0.2, 0) is 9.53 Å². The Balaban J connectivity index is 1.63. The molecule has 130 valence electrons. The van der Waals surface area contributed by atoms with Crippen LogP contribution in [0.15, 0.2) is 18.2 Å². The number of rotatable bonds is 7. The lowest BCUT2D eigenvalue weighted by Gasteiger charge is -2.14. The zero-order chi connectivity index (χ0) is 16.9. The minimum atomic E-state index is -0.243. The molecule has 0 spiro atoms. The van der Waals surface area contributed by atoms with Crippen LogP contribution in [0.4, 0.5) is 5.69 Å². The molecule has 2 N–H and O–H groups in total. The van der Waals surface area contributed by atoms with E-state index in [1.165, 1.54) is 0 Å². The molecule has 0 radical (unpaired) electrons. The normalized spacial score (nSPS) is 17.5. The van der Waals surface area contributed by atoms with Crippen LogP contribution >= 0.6 is 0 Å². The molecule has 0 aliphatic heterocycles. The number of carbonyl (C=O) groups excluding carboxylic acids is 2. The first-order chi connectivity index (χ1) is 11.7. The molecule has 2 saturated carbocycles. The number of benzene rings is 1. The van der Waals surface area contributed by atoms with Crippen LogP contribution < -0.4 is 15.4 Å². The molecule has 2 fully saturated rings. The van der Waals surface area contributed by atoms with Gasteiger partial charge in [0, 0.05) is 6.04 Å². The van der Waals surface area contributed by atoms with Crippen LogP contribution in [0.3, 0.4) is 0 Å². The Morgan fingerprint density at radius 1 is 1.17 bits per heavy atom. The molecule has 0 atom stereocenters. The molecule has 0 saturated heterocycles. The van der Waals surface area contributed by atoms with Crippen molar-refractivity contribution in [3.05, 3.63) is 23.8 Å². The minimum absolute atomic E-state index is 0.0143. The number of amides is 2. The summed E-state index contributed by atoms with van der Waals surface area (Å²) in [6.07, 6.45) is 6.56. The summed E-state index contributed by atoms with van der Waals surface area (Å²) in [4.78, 5) is 24.5. The first-order valence-electron chi connectivity index (χ1n) is 8.56. The number of ether oxygens (including phenoxy) is 2. The summed E-state index contributed by atoms with van der Waals surface area (Å²) in [5.74, 6) is 0.145. The quantitative estimate of drug-likeness (QED) is 0.804. The van der Waals surface area contributed by atoms with E-state index in [9.17, 15) is 9.59 Å². The maximum Gasteiger partial charge on any atom is 0.253 e. The number of nitrogens with one attached hydrogen (secondary N) is 2. The van der Waals surface area contributed by atoms with Gasteiger partial charge in [-0.15, -0.1) is 0 Å². The number of hydrogen-bond donors (Lipinski definition) is 2. The van der Waals surface area contributed by atoms with E-state index in [0.717, 1.165) is 38.5 Å². The summed E-state index contributed by atoms with van der Waals surface area (Å²) in [5, 5.41) is 5.71. The van der Waals surface area contributed by atoms with Gasteiger partial charge in [0.25, 0.3) is 5.91 Å². The first kappa shape index (κ1) is 16.8. The Morgan fingerprint density at radius 2 is 1.92 bits per heavy atom. The molecular weight excluding hydrogens is 308 g/mol. The van der Waals surface area contributed by atoms with Crippen molar-refractivity contribution >= 4 is 17.5 Å². The third kappa shape index (κ3) is 4.47. The summed E-state index contributed by atoms with van der Waals surface area (Å²) in [6, 6.07) is 5.30. The van der Waals surface area contributed by atoms with Gasteiger partial charge in [-0.1, -0.05) is 12.8 Å². The fourth-order valence-electron chi connectivity index (χ4n) is 2.87. The predicted octanol–water partition coefficient (Wildman–Crippen LogP) is 2.49. The predicted molar refractivity (Wildman–Crippen MR) is 90.3 cm³/mol. The van der Waals surface area contributed by atoms with Gasteiger partial charge in [-0.25, -0.2) is 0 Å². The van der Waals surface area contributed by atoms with Gasteiger partial charge >= 0.3 is 0 Å². The zero-order valence-corrected chi connectivity index (χ0v) is 14.0. The number of anilines is 1. The molecule has 6 heteroatoms. The molecule has 1 aromatic carbocycles. The third-order valence-electron chi connectivity index (χ3n) is 4.41. The summed E-state index contributed by atoms with van der Waals surface area (Å²) in [5.41, 5.74) is 0.893. The van der Waals surface area contributed by atoms with Crippen molar-refractivity contribution in [1.82, 2.24) is 5.32 Å². The fourth-order valence-corrected chi connectivity index (χ4v) is 2.87. The highest BCUT2D eigenvalue weighted by Gasteiger charge is 2.25. The number of carbonyl (C=O) groups is 2. The molecule has 3 rings (SSSR count). The second-order valence-electron chi connectivity index (χ2n) is 6.42. The van der Waals surface area contributed by atoms with E-state index in [-0.39, 0.29) is 30.6 Å². The van der Waals surface area contributed by atoms with Crippen molar-refractivity contribution in [2.45, 2.75) is 50.7 Å². The Hall–Kier alpha value is -2.08. The highest BCUT2D eigenvalue weighted by molar-refractivity contribution is 6.04. The summed E-state index contributed by atoms with van der Waals surface area (Å²) < 4.78 is 10.8. The van der Waals surface area contributed by atoms with Crippen LogP contribution in [0, 0.1) is 0 Å². The van der Waals surface area contributed by atoms with Crippen molar-refractivity contribution in [2.24, 2.45) is 0 Å². The van der Waals surface area contributed by atoms with Crippen LogP contribution in [0.1, 0.15) is 48.9 Å². The molecule has 2 amide bonds. The molecule has 2 aliphatic carbocycles. The Morgan fingerprint density at radius 3 is 2.58 bits per heavy atom. The van der Waals surface area contributed by atoms with E-state index in [2.05, 4.69) is 10.6 Å². The van der Waals surface area contributed by atoms with E-state index in [1.807, 2.05) is 0 Å². The van der Waals surface area contributed by atoms with E-state index >= 15 is 0 Å².